The van der Waals surface area contributed by atoms with E-state index in [1.54, 1.807) is 0 Å². The number of hydrogen-bond acceptors (Lipinski definition) is 4. The van der Waals surface area contributed by atoms with Crippen LogP contribution in [0.3, 0.4) is 0 Å². The van der Waals surface area contributed by atoms with Crippen molar-refractivity contribution in [3.63, 3.8) is 0 Å². The summed E-state index contributed by atoms with van der Waals surface area (Å²) < 4.78 is 8.58. The van der Waals surface area contributed by atoms with Gasteiger partial charge < -0.3 is 14.5 Å². The van der Waals surface area contributed by atoms with Gasteiger partial charge in [-0.2, -0.15) is 11.8 Å². The van der Waals surface area contributed by atoms with Gasteiger partial charge in [0.25, 0.3) is 0 Å². The van der Waals surface area contributed by atoms with E-state index >= 15 is 0 Å². The molecule has 46 heavy (non-hydrogen) atoms. The summed E-state index contributed by atoms with van der Waals surface area (Å²) in [6.45, 7) is 19.9. The summed E-state index contributed by atoms with van der Waals surface area (Å²) in [4.78, 5) is 4.32. The number of aromatic nitrogens is 2. The van der Waals surface area contributed by atoms with Crippen LogP contribution >= 0.6 is 0 Å². The smallest absolute Gasteiger partial charge is 0.0534 e. The number of fused-ring (bicyclic) bond motifs is 1. The van der Waals surface area contributed by atoms with Crippen molar-refractivity contribution < 1.29 is 25.8 Å². The Morgan fingerprint density at radius 1 is 0.652 bits per heavy atom. The molecule has 0 amide bonds. The van der Waals surface area contributed by atoms with Gasteiger partial charge in [0.1, 0.15) is 0 Å². The minimum Gasteiger partial charge on any atom is -0.509 e. The Kier molecular flexibility index (Phi) is 9.05. The average Bonchev–Trinajstić information content (AvgIpc) is 3.63. The predicted molar refractivity (Wildman–Crippen MR) is 185 cm³/mol. The molecular weight excluding hydrogens is 748 g/mol. The van der Waals surface area contributed by atoms with Crippen molar-refractivity contribution in [2.24, 2.45) is 0 Å². The van der Waals surface area contributed by atoms with Crippen molar-refractivity contribution >= 4 is 17.1 Å². The fourth-order valence-corrected chi connectivity index (χ4v) is 5.66. The van der Waals surface area contributed by atoms with Crippen LogP contribution in [0, 0.1) is 18.8 Å². The van der Waals surface area contributed by atoms with E-state index < -0.39 is 0 Å². The van der Waals surface area contributed by atoms with E-state index in [1.165, 1.54) is 11.1 Å². The molecule has 242 valence electrons. The summed E-state index contributed by atoms with van der Waals surface area (Å²) >= 11 is 0. The molecule has 1 aromatic heterocycles. The van der Waals surface area contributed by atoms with Crippen LogP contribution < -0.4 is 14.5 Å². The van der Waals surface area contributed by atoms with E-state index in [4.69, 9.17) is 9.84 Å². The number of benzene rings is 4. The molecule has 0 N–H and O–H groups in total. The Labute approximate surface area is 289 Å². The maximum atomic E-state index is 6.66. The number of anilines is 3. The Balaban J connectivity index is 0.00000417. The van der Waals surface area contributed by atoms with E-state index in [1.807, 2.05) is 10.9 Å². The molecule has 5 aromatic rings. The number of ether oxygens (including phenoxy) is 1. The largest absolute Gasteiger partial charge is 0.509 e. The summed E-state index contributed by atoms with van der Waals surface area (Å²) in [7, 11) is 2.07. The Bertz CT molecular complexity index is 1830. The monoisotopic (exact) mass is 790 g/mol. The second kappa shape index (κ2) is 12.4. The summed E-state index contributed by atoms with van der Waals surface area (Å²) in [6, 6.07) is 34.6. The molecule has 0 unspecified atom stereocenters. The van der Waals surface area contributed by atoms with E-state index in [2.05, 4.69) is 176 Å². The Hall–Kier alpha value is -3.82. The maximum Gasteiger partial charge on any atom is 0.0534 e. The van der Waals surface area contributed by atoms with Gasteiger partial charge in [0.2, 0.25) is 0 Å². The van der Waals surface area contributed by atoms with Crippen LogP contribution in [0.2, 0.25) is 0 Å². The topological polar surface area (TPSA) is 33.5 Å². The molecule has 4 aromatic carbocycles. The number of hydrogen-bond donors (Lipinski definition) is 0. The number of para-hydroxylation sites is 2. The first-order valence-corrected chi connectivity index (χ1v) is 15.6. The van der Waals surface area contributed by atoms with Crippen molar-refractivity contribution in [1.82, 2.24) is 9.78 Å². The maximum absolute atomic E-state index is 6.66. The molecule has 0 radical (unpaired) electrons. The minimum atomic E-state index is -0.196. The quantitative estimate of drug-likeness (QED) is 0.161. The van der Waals surface area contributed by atoms with E-state index in [0.717, 1.165) is 33.9 Å². The van der Waals surface area contributed by atoms with E-state index in [-0.39, 0.29) is 37.3 Å². The van der Waals surface area contributed by atoms with Crippen LogP contribution in [0.4, 0.5) is 17.1 Å². The van der Waals surface area contributed by atoms with Gasteiger partial charge in [-0.3, -0.25) is 4.68 Å². The third kappa shape index (κ3) is 6.67. The fourth-order valence-electron chi connectivity index (χ4n) is 5.66. The SMILES string of the molecule is CN1[CH-]N(c2[c-]c(Oc3[c-]c(-n4cc(C(C)(C)c5ccccc5)cn4)cc(C(C)(C)C)c3)cc(C(C)(C)C)c2)c2ccccc21.[Pt]. The van der Waals surface area contributed by atoms with Gasteiger partial charge in [-0.05, 0) is 41.3 Å². The third-order valence-electron chi connectivity index (χ3n) is 8.73. The summed E-state index contributed by atoms with van der Waals surface area (Å²) in [5.74, 6) is 1.28. The zero-order valence-corrected chi connectivity index (χ0v) is 30.5. The molecular formula is C40H43N4OPt-3. The molecule has 0 fully saturated rings. The zero-order valence-electron chi connectivity index (χ0n) is 28.3. The molecule has 5 nitrogen and oxygen atoms in total. The van der Waals surface area contributed by atoms with Crippen LogP contribution in [-0.2, 0) is 37.3 Å². The first-order chi connectivity index (χ1) is 21.2. The molecule has 6 rings (SSSR count). The van der Waals surface area contributed by atoms with Gasteiger partial charge in [-0.25, -0.2) is 0 Å². The van der Waals surface area contributed by atoms with Crippen LogP contribution in [-0.4, -0.2) is 16.8 Å². The van der Waals surface area contributed by atoms with Gasteiger partial charge >= 0.3 is 0 Å². The predicted octanol–water partition coefficient (Wildman–Crippen LogP) is 9.89. The molecule has 0 atom stereocenters. The second-order valence-corrected chi connectivity index (χ2v) is 14.6. The van der Waals surface area contributed by atoms with Gasteiger partial charge in [-0.1, -0.05) is 97.9 Å². The molecule has 0 spiro atoms. The van der Waals surface area contributed by atoms with E-state index in [0.29, 0.717) is 11.5 Å². The van der Waals surface area contributed by atoms with Crippen LogP contribution in [0.25, 0.3) is 5.69 Å². The third-order valence-corrected chi connectivity index (χ3v) is 8.73. The molecule has 1 aliphatic rings. The minimum absolute atomic E-state index is 0. The Morgan fingerprint density at radius 2 is 1.20 bits per heavy atom. The fraction of sp³-hybridized carbons (Fsp3) is 0.300. The van der Waals surface area contributed by atoms with Crippen molar-refractivity contribution in [3.05, 3.63) is 132 Å². The van der Waals surface area contributed by atoms with Gasteiger partial charge in [0, 0.05) is 61.1 Å². The van der Waals surface area contributed by atoms with Crippen molar-refractivity contribution in [2.75, 3.05) is 16.8 Å². The van der Waals surface area contributed by atoms with Crippen molar-refractivity contribution in [1.29, 1.82) is 0 Å². The van der Waals surface area contributed by atoms with Gasteiger partial charge in [0.05, 0.1) is 6.20 Å². The first-order valence-electron chi connectivity index (χ1n) is 15.6. The standard InChI is InChI=1S/C40H43N4O.Pt/c1-38(2,3)29-19-32(43-27-42(9)36-17-13-14-18-37(36)43)23-34(21-29)45-35-22-30(39(4,5)6)20-33(24-35)44-26-31(25-41-44)40(7,8)28-15-11-10-12-16-28;/h10-22,25-27H,1-9H3;/q-3;. The molecule has 2 heterocycles. The summed E-state index contributed by atoms with van der Waals surface area (Å²) in [5, 5.41) is 4.80. The first kappa shape index (κ1) is 33.5. The molecule has 6 heteroatoms. The van der Waals surface area contributed by atoms with Crippen LogP contribution in [0.1, 0.15) is 77.6 Å². The number of rotatable bonds is 6. The summed E-state index contributed by atoms with van der Waals surface area (Å²) in [6.07, 6.45) is 4.07. The van der Waals surface area contributed by atoms with Gasteiger partial charge in [-0.15, -0.1) is 53.2 Å². The van der Waals surface area contributed by atoms with Gasteiger partial charge in [0.15, 0.2) is 0 Å². The van der Waals surface area contributed by atoms with Crippen molar-refractivity contribution in [3.8, 4) is 17.2 Å². The Morgan fingerprint density at radius 3 is 1.80 bits per heavy atom. The average molecular weight is 791 g/mol. The number of nitrogens with zero attached hydrogens (tertiary/aromatic N) is 4. The molecule has 1 aliphatic heterocycles. The summed E-state index contributed by atoms with van der Waals surface area (Å²) in [5.41, 5.74) is 8.32. The molecule has 0 saturated carbocycles. The molecule has 0 aliphatic carbocycles. The van der Waals surface area contributed by atoms with E-state index in [9.17, 15) is 0 Å². The van der Waals surface area contributed by atoms with Crippen LogP contribution in [0.15, 0.2) is 91.3 Å². The van der Waals surface area contributed by atoms with Crippen molar-refractivity contribution in [2.45, 2.75) is 71.6 Å². The molecule has 0 bridgehead atoms. The van der Waals surface area contributed by atoms with Crippen LogP contribution in [0.5, 0.6) is 11.5 Å². The zero-order chi connectivity index (χ0) is 32.1. The second-order valence-electron chi connectivity index (χ2n) is 14.6. The normalized spacial score (nSPS) is 13.4. The molecule has 0 saturated heterocycles.